The van der Waals surface area contributed by atoms with Gasteiger partial charge in [-0.25, -0.2) is 9.36 Å². The van der Waals surface area contributed by atoms with Crippen LogP contribution in [0.2, 0.25) is 10.0 Å². The Kier molecular flexibility index (Phi) is 5.90. The molecule has 0 amide bonds. The van der Waals surface area contributed by atoms with Crippen LogP contribution in [0.25, 0.3) is 45.3 Å². The molecule has 0 aliphatic heterocycles. The molecule has 0 unspecified atom stereocenters. The SMILES string of the molecule is Clc1ccc(-c2cc(-c3cc(-c4ccc(Cl)cc4)n(-c4ccccc4)n3)nn2-c2ccccc2)cc1. The first-order valence-electron chi connectivity index (χ1n) is 11.5. The molecule has 0 N–H and O–H groups in total. The van der Waals surface area contributed by atoms with E-state index in [2.05, 4.69) is 12.1 Å². The zero-order valence-corrected chi connectivity index (χ0v) is 20.6. The molecule has 2 aromatic heterocycles. The molecular weight excluding hydrogens is 487 g/mol. The van der Waals surface area contributed by atoms with Gasteiger partial charge >= 0.3 is 0 Å². The number of halogens is 2. The maximum Gasteiger partial charge on any atom is 0.114 e. The van der Waals surface area contributed by atoms with Crippen LogP contribution < -0.4 is 0 Å². The second-order valence-electron chi connectivity index (χ2n) is 8.34. The highest BCUT2D eigenvalue weighted by molar-refractivity contribution is 6.30. The first kappa shape index (κ1) is 22.4. The second-order valence-corrected chi connectivity index (χ2v) is 9.21. The Labute approximate surface area is 219 Å². The van der Waals surface area contributed by atoms with Crippen LogP contribution in [0.4, 0.5) is 0 Å². The summed E-state index contributed by atoms with van der Waals surface area (Å²) in [6, 6.07) is 39.9. The normalized spacial score (nSPS) is 11.1. The average Bonchev–Trinajstić information content (AvgIpc) is 3.56. The van der Waals surface area contributed by atoms with E-state index in [0.717, 1.165) is 45.3 Å². The van der Waals surface area contributed by atoms with E-state index in [-0.39, 0.29) is 0 Å². The summed E-state index contributed by atoms with van der Waals surface area (Å²) in [5.41, 5.74) is 7.42. The van der Waals surface area contributed by atoms with Crippen molar-refractivity contribution in [3.8, 4) is 45.3 Å². The number of para-hydroxylation sites is 2. The van der Waals surface area contributed by atoms with Crippen LogP contribution in [0.15, 0.2) is 121 Å². The van der Waals surface area contributed by atoms with E-state index in [4.69, 9.17) is 33.4 Å². The molecule has 0 aliphatic rings. The number of benzene rings is 4. The fourth-order valence-corrected chi connectivity index (χ4v) is 4.45. The highest BCUT2D eigenvalue weighted by Gasteiger charge is 2.18. The molecule has 0 saturated carbocycles. The van der Waals surface area contributed by atoms with Gasteiger partial charge in [0.05, 0.1) is 22.8 Å². The minimum absolute atomic E-state index is 0.693. The van der Waals surface area contributed by atoms with Gasteiger partial charge in [0.1, 0.15) is 11.4 Å². The summed E-state index contributed by atoms with van der Waals surface area (Å²) in [5, 5.41) is 11.4. The van der Waals surface area contributed by atoms with Crippen molar-refractivity contribution in [3.63, 3.8) is 0 Å². The van der Waals surface area contributed by atoms with E-state index in [1.54, 1.807) is 0 Å². The van der Waals surface area contributed by atoms with Gasteiger partial charge in [-0.1, -0.05) is 83.9 Å². The van der Waals surface area contributed by atoms with Gasteiger partial charge in [-0.2, -0.15) is 10.2 Å². The van der Waals surface area contributed by atoms with Crippen molar-refractivity contribution in [2.24, 2.45) is 0 Å². The summed E-state index contributed by atoms with van der Waals surface area (Å²) in [6.07, 6.45) is 0. The van der Waals surface area contributed by atoms with Crippen molar-refractivity contribution in [1.82, 2.24) is 19.6 Å². The van der Waals surface area contributed by atoms with Gasteiger partial charge < -0.3 is 0 Å². The first-order chi connectivity index (χ1) is 17.7. The highest BCUT2D eigenvalue weighted by atomic mass is 35.5. The number of rotatable bonds is 5. The van der Waals surface area contributed by atoms with E-state index < -0.39 is 0 Å². The quantitative estimate of drug-likeness (QED) is 0.235. The van der Waals surface area contributed by atoms with Gasteiger partial charge in [-0.15, -0.1) is 0 Å². The second kappa shape index (κ2) is 9.50. The third kappa shape index (κ3) is 4.33. The summed E-state index contributed by atoms with van der Waals surface area (Å²) in [4.78, 5) is 0. The van der Waals surface area contributed by atoms with Crippen molar-refractivity contribution in [2.75, 3.05) is 0 Å². The largest absolute Gasteiger partial charge is 0.232 e. The van der Waals surface area contributed by atoms with Gasteiger partial charge in [0.15, 0.2) is 0 Å². The molecule has 0 spiro atoms. The maximum absolute atomic E-state index is 6.16. The minimum Gasteiger partial charge on any atom is -0.232 e. The van der Waals surface area contributed by atoms with Gasteiger partial charge in [-0.3, -0.25) is 0 Å². The van der Waals surface area contributed by atoms with Crippen molar-refractivity contribution < 1.29 is 0 Å². The third-order valence-electron chi connectivity index (χ3n) is 5.96. The molecule has 0 saturated heterocycles. The van der Waals surface area contributed by atoms with Crippen LogP contribution in [-0.4, -0.2) is 19.6 Å². The van der Waals surface area contributed by atoms with Crippen LogP contribution in [0, 0.1) is 0 Å². The topological polar surface area (TPSA) is 35.6 Å². The molecule has 6 heteroatoms. The van der Waals surface area contributed by atoms with Gasteiger partial charge in [0.2, 0.25) is 0 Å². The zero-order valence-electron chi connectivity index (χ0n) is 19.1. The molecule has 0 atom stereocenters. The Morgan fingerprint density at radius 1 is 0.444 bits per heavy atom. The number of hydrogen-bond donors (Lipinski definition) is 0. The van der Waals surface area contributed by atoms with Crippen molar-refractivity contribution in [2.45, 2.75) is 0 Å². The number of hydrogen-bond acceptors (Lipinski definition) is 2. The number of aromatic nitrogens is 4. The lowest BCUT2D eigenvalue weighted by molar-refractivity contribution is 0.870. The average molecular weight is 507 g/mol. The molecule has 174 valence electrons. The molecule has 0 aliphatic carbocycles. The van der Waals surface area contributed by atoms with Crippen LogP contribution >= 0.6 is 23.2 Å². The monoisotopic (exact) mass is 506 g/mol. The zero-order chi connectivity index (χ0) is 24.5. The van der Waals surface area contributed by atoms with E-state index in [1.165, 1.54) is 0 Å². The molecule has 2 heterocycles. The third-order valence-corrected chi connectivity index (χ3v) is 6.47. The predicted molar refractivity (Wildman–Crippen MR) is 147 cm³/mol. The molecule has 0 radical (unpaired) electrons. The predicted octanol–water partition coefficient (Wildman–Crippen LogP) is 8.37. The lowest BCUT2D eigenvalue weighted by Gasteiger charge is -2.07. The van der Waals surface area contributed by atoms with E-state index in [0.29, 0.717) is 10.0 Å². The summed E-state index contributed by atoms with van der Waals surface area (Å²) < 4.78 is 3.89. The Hall–Kier alpha value is -4.12. The lowest BCUT2D eigenvalue weighted by Crippen LogP contribution is -2.00. The smallest absolute Gasteiger partial charge is 0.114 e. The summed E-state index contributed by atoms with van der Waals surface area (Å²) >= 11 is 12.3. The molecular formula is C30H20Cl2N4. The summed E-state index contributed by atoms with van der Waals surface area (Å²) in [5.74, 6) is 0. The molecule has 6 rings (SSSR count). The van der Waals surface area contributed by atoms with Crippen LogP contribution in [-0.2, 0) is 0 Å². The van der Waals surface area contributed by atoms with E-state index >= 15 is 0 Å². The fraction of sp³-hybridized carbons (Fsp3) is 0. The number of nitrogens with zero attached hydrogens (tertiary/aromatic N) is 4. The minimum atomic E-state index is 0.693. The molecule has 0 fully saturated rings. The molecule has 6 aromatic rings. The summed E-state index contributed by atoms with van der Waals surface area (Å²) in [7, 11) is 0. The van der Waals surface area contributed by atoms with Gasteiger partial charge in [0, 0.05) is 21.2 Å². The Balaban J connectivity index is 1.53. The molecule has 36 heavy (non-hydrogen) atoms. The lowest BCUT2D eigenvalue weighted by atomic mass is 10.1. The maximum atomic E-state index is 6.16. The Morgan fingerprint density at radius 3 is 1.17 bits per heavy atom. The van der Waals surface area contributed by atoms with Crippen molar-refractivity contribution in [1.29, 1.82) is 0 Å². The molecule has 0 bridgehead atoms. The van der Waals surface area contributed by atoms with Crippen LogP contribution in [0.5, 0.6) is 0 Å². The fourth-order valence-electron chi connectivity index (χ4n) is 4.20. The van der Waals surface area contributed by atoms with Crippen molar-refractivity contribution in [3.05, 3.63) is 131 Å². The molecule has 4 nitrogen and oxygen atoms in total. The molecule has 4 aromatic carbocycles. The van der Waals surface area contributed by atoms with E-state index in [1.807, 2.05) is 119 Å². The van der Waals surface area contributed by atoms with Gasteiger partial charge in [0.25, 0.3) is 0 Å². The van der Waals surface area contributed by atoms with Crippen LogP contribution in [0.3, 0.4) is 0 Å². The first-order valence-corrected chi connectivity index (χ1v) is 12.2. The van der Waals surface area contributed by atoms with E-state index in [9.17, 15) is 0 Å². The standard InChI is InChI=1S/C30H20Cl2N4/c31-23-15-11-21(12-16-23)29-19-27(33-35(29)25-7-3-1-4-8-25)28-20-30(22-13-17-24(32)18-14-22)36(34-28)26-9-5-2-6-10-26/h1-20H. The van der Waals surface area contributed by atoms with Crippen molar-refractivity contribution >= 4 is 23.2 Å². The Morgan fingerprint density at radius 2 is 0.806 bits per heavy atom. The Bertz CT molecular complexity index is 1490. The highest BCUT2D eigenvalue weighted by Crippen LogP contribution is 2.33. The summed E-state index contributed by atoms with van der Waals surface area (Å²) in [6.45, 7) is 0. The van der Waals surface area contributed by atoms with Crippen LogP contribution in [0.1, 0.15) is 0 Å². The van der Waals surface area contributed by atoms with Gasteiger partial charge in [-0.05, 0) is 60.7 Å².